The molecule has 0 aromatic rings. The van der Waals surface area contributed by atoms with E-state index in [1.54, 1.807) is 6.08 Å². The molecule has 1 amide bonds. The molecule has 0 fully saturated rings. The number of carbonyl (C=O) groups is 1. The number of unbranched alkanes of at least 4 members (excludes halogenated alkanes) is 34. The van der Waals surface area contributed by atoms with Crippen molar-refractivity contribution in [2.75, 3.05) is 40.9 Å². The fourth-order valence-corrected chi connectivity index (χ4v) is 10.3. The molecular weight excluding hydrogens is 1010 g/mol. The van der Waals surface area contributed by atoms with Crippen molar-refractivity contribution >= 4 is 13.7 Å². The van der Waals surface area contributed by atoms with E-state index in [1.807, 2.05) is 27.2 Å². The summed E-state index contributed by atoms with van der Waals surface area (Å²) in [6.07, 6.45) is 88.1. The van der Waals surface area contributed by atoms with Crippen molar-refractivity contribution in [2.45, 2.75) is 309 Å². The average molecular weight is 1140 g/mol. The largest absolute Gasteiger partial charge is 0.756 e. The molecule has 9 heteroatoms. The molecule has 8 nitrogen and oxygen atoms in total. The van der Waals surface area contributed by atoms with Crippen LogP contribution in [-0.4, -0.2) is 68.5 Å². The van der Waals surface area contributed by atoms with Crippen molar-refractivity contribution in [3.63, 3.8) is 0 Å². The molecule has 0 aliphatic rings. The number of hydrogen-bond donors (Lipinski definition) is 2. The third kappa shape index (κ3) is 63.0. The highest BCUT2D eigenvalue weighted by molar-refractivity contribution is 7.45. The molecule has 0 aromatic carbocycles. The second-order valence-electron chi connectivity index (χ2n) is 23.8. The lowest BCUT2D eigenvalue weighted by molar-refractivity contribution is -0.870. The predicted molar refractivity (Wildman–Crippen MR) is 348 cm³/mol. The van der Waals surface area contributed by atoms with Crippen LogP contribution in [0.3, 0.4) is 0 Å². The topological polar surface area (TPSA) is 108 Å². The van der Waals surface area contributed by atoms with Gasteiger partial charge < -0.3 is 28.8 Å². The van der Waals surface area contributed by atoms with E-state index in [4.69, 9.17) is 9.05 Å². The fraction of sp³-hybridized carbons (Fsp3) is 0.761. The number of hydrogen-bond acceptors (Lipinski definition) is 6. The van der Waals surface area contributed by atoms with E-state index in [-0.39, 0.29) is 12.5 Å². The summed E-state index contributed by atoms with van der Waals surface area (Å²) in [5.74, 6) is -0.212. The van der Waals surface area contributed by atoms with Gasteiger partial charge in [-0.25, -0.2) is 0 Å². The summed E-state index contributed by atoms with van der Waals surface area (Å²) in [4.78, 5) is 25.6. The minimum Gasteiger partial charge on any atom is -0.756 e. The molecule has 3 unspecified atom stereocenters. The van der Waals surface area contributed by atoms with Gasteiger partial charge in [0.25, 0.3) is 7.82 Å². The van der Waals surface area contributed by atoms with E-state index in [2.05, 4.69) is 104 Å². The average Bonchev–Trinajstić information content (AvgIpc) is 3.42. The summed E-state index contributed by atoms with van der Waals surface area (Å²) in [5.41, 5.74) is 0. The van der Waals surface area contributed by atoms with Crippen LogP contribution in [0.5, 0.6) is 0 Å². The maximum atomic E-state index is 13.0. The Labute approximate surface area is 496 Å². The number of amides is 1. The molecule has 0 saturated carbocycles. The molecule has 0 saturated heterocycles. The van der Waals surface area contributed by atoms with E-state index in [0.29, 0.717) is 17.4 Å². The Hall–Kier alpha value is -2.58. The smallest absolute Gasteiger partial charge is 0.268 e. The Bertz CT molecular complexity index is 1620. The summed E-state index contributed by atoms with van der Waals surface area (Å²) in [7, 11) is 1.23. The van der Waals surface area contributed by atoms with Crippen LogP contribution < -0.4 is 10.2 Å². The molecule has 0 rings (SSSR count). The third-order valence-electron chi connectivity index (χ3n) is 14.8. The Balaban J connectivity index is 4.17. The maximum absolute atomic E-state index is 13.0. The van der Waals surface area contributed by atoms with Crippen molar-refractivity contribution < 1.29 is 32.9 Å². The predicted octanol–water partition coefficient (Wildman–Crippen LogP) is 20.7. The maximum Gasteiger partial charge on any atom is 0.268 e. The van der Waals surface area contributed by atoms with Crippen LogP contribution in [0.15, 0.2) is 97.2 Å². The zero-order valence-corrected chi connectivity index (χ0v) is 53.9. The summed E-state index contributed by atoms with van der Waals surface area (Å²) >= 11 is 0. The number of likely N-dealkylation sites (N-methyl/N-ethyl adjacent to an activating group) is 1. The molecule has 0 aliphatic carbocycles. The Morgan fingerprint density at radius 1 is 0.450 bits per heavy atom. The zero-order valence-electron chi connectivity index (χ0n) is 53.0. The van der Waals surface area contributed by atoms with Crippen LogP contribution in [0.2, 0.25) is 0 Å². The van der Waals surface area contributed by atoms with E-state index >= 15 is 0 Å². The number of aliphatic hydroxyl groups excluding tert-OH is 1. The molecule has 80 heavy (non-hydrogen) atoms. The molecule has 3 atom stereocenters. The second kappa shape index (κ2) is 61.0. The number of carbonyl (C=O) groups excluding carboxylic acids is 1. The SMILES string of the molecule is CC/C=C\C/C=C\C/C=C\C/C=C\C/C=C\CCCCCCCCCCCCCCCCCC(=O)NC(COP(=O)([O-])OCC[N+](C)(C)C)C(O)/C=C/CC/C=C/CC/C=C/CCCCCCCCCCCCCCCCCCC. The van der Waals surface area contributed by atoms with Gasteiger partial charge in [-0.05, 0) is 89.9 Å². The highest BCUT2D eigenvalue weighted by Crippen LogP contribution is 2.38. The van der Waals surface area contributed by atoms with Crippen LogP contribution in [0.4, 0.5) is 0 Å². The van der Waals surface area contributed by atoms with Crippen molar-refractivity contribution in [2.24, 2.45) is 0 Å². The lowest BCUT2D eigenvalue weighted by Gasteiger charge is -2.29. The molecular formula is C71H129N2O6P. The van der Waals surface area contributed by atoms with Crippen molar-refractivity contribution in [3.8, 4) is 0 Å². The first-order valence-electron chi connectivity index (χ1n) is 33.6. The molecule has 0 aliphatic heterocycles. The van der Waals surface area contributed by atoms with Gasteiger partial charge in [-0.15, -0.1) is 0 Å². The van der Waals surface area contributed by atoms with Gasteiger partial charge in [0.2, 0.25) is 5.91 Å². The van der Waals surface area contributed by atoms with Gasteiger partial charge >= 0.3 is 0 Å². The third-order valence-corrected chi connectivity index (χ3v) is 15.7. The number of phosphoric ester groups is 1. The van der Waals surface area contributed by atoms with Crippen LogP contribution >= 0.6 is 7.82 Å². The number of allylic oxidation sites excluding steroid dienone is 15. The Kier molecular flexibility index (Phi) is 59.0. The first-order valence-corrected chi connectivity index (χ1v) is 35.1. The monoisotopic (exact) mass is 1140 g/mol. The van der Waals surface area contributed by atoms with Crippen LogP contribution in [0.1, 0.15) is 296 Å². The summed E-state index contributed by atoms with van der Waals surface area (Å²) in [6, 6.07) is -0.917. The van der Waals surface area contributed by atoms with Crippen LogP contribution in [-0.2, 0) is 18.4 Å². The number of phosphoric acid groups is 1. The van der Waals surface area contributed by atoms with Gasteiger partial charge in [0.05, 0.1) is 39.9 Å². The molecule has 0 aromatic heterocycles. The van der Waals surface area contributed by atoms with Crippen LogP contribution in [0, 0.1) is 0 Å². The van der Waals surface area contributed by atoms with Gasteiger partial charge in [-0.1, -0.05) is 297 Å². The lowest BCUT2D eigenvalue weighted by atomic mass is 10.0. The van der Waals surface area contributed by atoms with Gasteiger partial charge in [-0.3, -0.25) is 9.36 Å². The normalized spacial score (nSPS) is 14.3. The molecule has 464 valence electrons. The molecule has 0 heterocycles. The minimum atomic E-state index is -4.62. The van der Waals surface area contributed by atoms with Gasteiger partial charge in [0.1, 0.15) is 13.2 Å². The highest BCUT2D eigenvalue weighted by atomic mass is 31.2. The summed E-state index contributed by atoms with van der Waals surface area (Å²) in [5, 5.41) is 13.9. The molecule has 0 bridgehead atoms. The quantitative estimate of drug-likeness (QED) is 0.0272. The fourth-order valence-electron chi connectivity index (χ4n) is 9.57. The van der Waals surface area contributed by atoms with E-state index in [9.17, 15) is 19.4 Å². The summed E-state index contributed by atoms with van der Waals surface area (Å²) in [6.45, 7) is 4.53. The van der Waals surface area contributed by atoms with Crippen molar-refractivity contribution in [1.29, 1.82) is 0 Å². The number of nitrogens with zero attached hydrogens (tertiary/aromatic N) is 1. The number of quaternary nitrogens is 1. The number of nitrogens with one attached hydrogen (secondary N) is 1. The molecule has 2 N–H and O–H groups in total. The van der Waals surface area contributed by atoms with Gasteiger partial charge in [0, 0.05) is 6.42 Å². The van der Waals surface area contributed by atoms with Crippen LogP contribution in [0.25, 0.3) is 0 Å². The first kappa shape index (κ1) is 77.4. The minimum absolute atomic E-state index is 0.0121. The second-order valence-corrected chi connectivity index (χ2v) is 25.2. The molecule has 0 radical (unpaired) electrons. The Morgan fingerprint density at radius 3 is 1.16 bits per heavy atom. The lowest BCUT2D eigenvalue weighted by Crippen LogP contribution is -2.45. The van der Waals surface area contributed by atoms with Crippen molar-refractivity contribution in [3.05, 3.63) is 97.2 Å². The van der Waals surface area contributed by atoms with Crippen molar-refractivity contribution in [1.82, 2.24) is 5.32 Å². The van der Waals surface area contributed by atoms with E-state index in [1.165, 1.54) is 199 Å². The summed E-state index contributed by atoms with van der Waals surface area (Å²) < 4.78 is 23.4. The van der Waals surface area contributed by atoms with Gasteiger partial charge in [0.15, 0.2) is 0 Å². The first-order chi connectivity index (χ1) is 39.0. The Morgan fingerprint density at radius 2 is 0.775 bits per heavy atom. The van der Waals surface area contributed by atoms with E-state index < -0.39 is 26.6 Å². The number of rotatable bonds is 61. The highest BCUT2D eigenvalue weighted by Gasteiger charge is 2.23. The zero-order chi connectivity index (χ0) is 58.4. The van der Waals surface area contributed by atoms with E-state index in [0.717, 1.165) is 77.0 Å². The number of aliphatic hydroxyl groups is 1. The van der Waals surface area contributed by atoms with Gasteiger partial charge in [-0.2, -0.15) is 0 Å². The standard InChI is InChI=1S/C71H129N2O6P/c1-6-8-10-12-14-16-18-20-22-24-26-28-30-32-34-35-36-37-39-41-43-45-47-49-51-53-55-57-59-61-63-65-71(75)72-69(68-79-80(76,77)78-67-66-73(3,4)5)70(74)64-62-60-58-56-54-52-50-48-46-44-42-40-38-33-31-29-27-25-23-21-19-17-15-13-11-9-7-2/h8,10,14,16,20,22,26,28,32,34,46,48,54,56,62,64,69-70,74H,6-7,9,11-13,15,17-19,21,23-25,27,29-31,33,35-45,47,49-53,55,57-61,63,65-68H2,1-5H3,(H-,72,75,76,77)/b10-8-,16-14-,22-20-,28-26-,34-32-,48-46+,56-54+,64-62+. The molecule has 0 spiro atoms.